The molecular weight excluding hydrogens is 276 g/mol. The van der Waals surface area contributed by atoms with E-state index in [1.54, 1.807) is 26.0 Å². The van der Waals surface area contributed by atoms with Crippen LogP contribution in [0.4, 0.5) is 0 Å². The minimum atomic E-state index is 0.179. The van der Waals surface area contributed by atoms with Gasteiger partial charge >= 0.3 is 0 Å². The maximum absolute atomic E-state index is 9.90. The van der Waals surface area contributed by atoms with Crippen LogP contribution in [0, 0.1) is 13.8 Å². The summed E-state index contributed by atoms with van der Waals surface area (Å²) in [5, 5.41) is 28.2. The molecule has 2 aromatic rings. The van der Waals surface area contributed by atoms with Crippen LogP contribution in [0.5, 0.6) is 11.5 Å². The van der Waals surface area contributed by atoms with Gasteiger partial charge in [0.2, 0.25) is 0 Å². The molecule has 0 saturated carbocycles. The molecule has 2 aromatic carbocycles. The zero-order valence-corrected chi connectivity index (χ0v) is 13.3. The van der Waals surface area contributed by atoms with Crippen molar-refractivity contribution in [3.05, 3.63) is 58.7 Å². The van der Waals surface area contributed by atoms with E-state index in [4.69, 9.17) is 0 Å². The van der Waals surface area contributed by atoms with Gasteiger partial charge in [-0.2, -0.15) is 10.2 Å². The van der Waals surface area contributed by atoms with E-state index in [-0.39, 0.29) is 11.5 Å². The summed E-state index contributed by atoms with van der Waals surface area (Å²) < 4.78 is 0. The highest BCUT2D eigenvalue weighted by molar-refractivity contribution is 6.04. The minimum Gasteiger partial charge on any atom is -0.507 e. The van der Waals surface area contributed by atoms with Crippen molar-refractivity contribution in [3.63, 3.8) is 0 Å². The molecular formula is C18H20N2O2. The quantitative estimate of drug-likeness (QED) is 0.665. The molecule has 0 amide bonds. The lowest BCUT2D eigenvalue weighted by Crippen LogP contribution is -1.98. The first-order valence-corrected chi connectivity index (χ1v) is 7.07. The Morgan fingerprint density at radius 1 is 0.727 bits per heavy atom. The van der Waals surface area contributed by atoms with Crippen molar-refractivity contribution in [3.8, 4) is 11.5 Å². The molecule has 4 heteroatoms. The maximum atomic E-state index is 9.90. The molecule has 2 N–H and O–H groups in total. The van der Waals surface area contributed by atoms with Gasteiger partial charge in [0.1, 0.15) is 11.5 Å². The summed E-state index contributed by atoms with van der Waals surface area (Å²) in [6, 6.07) is 10.7. The molecule has 0 bridgehead atoms. The Balaban J connectivity index is 2.36. The molecule has 0 heterocycles. The number of phenols is 2. The molecule has 0 saturated heterocycles. The summed E-state index contributed by atoms with van der Waals surface area (Å²) in [7, 11) is 0. The van der Waals surface area contributed by atoms with Crippen molar-refractivity contribution in [2.75, 3.05) is 0 Å². The SMILES string of the molecule is C/C(=N\N=C(/C)c1cc(C)ccc1O)c1cc(C)ccc1O. The second-order valence-corrected chi connectivity index (χ2v) is 5.41. The van der Waals surface area contributed by atoms with Gasteiger partial charge in [-0.25, -0.2) is 0 Å². The second kappa shape index (κ2) is 6.43. The molecule has 0 spiro atoms. The van der Waals surface area contributed by atoms with Crippen LogP contribution in [0.25, 0.3) is 0 Å². The van der Waals surface area contributed by atoms with Crippen LogP contribution in [0.2, 0.25) is 0 Å². The Labute approximate surface area is 130 Å². The topological polar surface area (TPSA) is 65.2 Å². The monoisotopic (exact) mass is 296 g/mol. The summed E-state index contributed by atoms with van der Waals surface area (Å²) in [6.45, 7) is 7.49. The fourth-order valence-corrected chi connectivity index (χ4v) is 2.14. The van der Waals surface area contributed by atoms with E-state index in [1.807, 2.05) is 38.1 Å². The first kappa shape index (κ1) is 15.8. The van der Waals surface area contributed by atoms with Crippen molar-refractivity contribution in [1.29, 1.82) is 0 Å². The van der Waals surface area contributed by atoms with Crippen molar-refractivity contribution in [2.24, 2.45) is 10.2 Å². The van der Waals surface area contributed by atoms with Crippen LogP contribution in [-0.4, -0.2) is 21.6 Å². The van der Waals surface area contributed by atoms with Crippen LogP contribution >= 0.6 is 0 Å². The predicted octanol–water partition coefficient (Wildman–Crippen LogP) is 3.95. The number of benzene rings is 2. The molecule has 0 radical (unpaired) electrons. The Hall–Kier alpha value is -2.62. The minimum absolute atomic E-state index is 0.179. The third-order valence-electron chi connectivity index (χ3n) is 3.43. The van der Waals surface area contributed by atoms with Crippen molar-refractivity contribution < 1.29 is 10.2 Å². The molecule has 0 aliphatic heterocycles. The van der Waals surface area contributed by atoms with Crippen LogP contribution in [0.15, 0.2) is 46.6 Å². The number of rotatable bonds is 3. The van der Waals surface area contributed by atoms with Gasteiger partial charge in [0.05, 0.1) is 11.4 Å². The lowest BCUT2D eigenvalue weighted by Gasteiger charge is -2.06. The van der Waals surface area contributed by atoms with Crippen molar-refractivity contribution >= 4 is 11.4 Å². The standard InChI is InChI=1S/C18H20N2O2/c1-11-5-7-17(21)15(9-11)13(3)19-20-14(4)16-10-12(2)6-8-18(16)22/h5-10,21-22H,1-4H3/b19-13+,20-14+. The molecule has 0 unspecified atom stereocenters. The van der Waals surface area contributed by atoms with Crippen molar-refractivity contribution in [1.82, 2.24) is 0 Å². The Bertz CT molecular complexity index is 696. The Morgan fingerprint density at radius 2 is 1.09 bits per heavy atom. The normalized spacial score (nSPS) is 12.5. The number of hydrogen-bond donors (Lipinski definition) is 2. The van der Waals surface area contributed by atoms with E-state index in [0.29, 0.717) is 22.6 Å². The van der Waals surface area contributed by atoms with Gasteiger partial charge in [0, 0.05) is 11.1 Å². The first-order chi connectivity index (χ1) is 10.4. The highest BCUT2D eigenvalue weighted by Crippen LogP contribution is 2.21. The molecule has 2 rings (SSSR count). The fourth-order valence-electron chi connectivity index (χ4n) is 2.14. The lowest BCUT2D eigenvalue weighted by atomic mass is 10.1. The molecule has 0 aliphatic carbocycles. The highest BCUT2D eigenvalue weighted by Gasteiger charge is 2.07. The third kappa shape index (κ3) is 3.52. The summed E-state index contributed by atoms with van der Waals surface area (Å²) in [5.41, 5.74) is 4.63. The average Bonchev–Trinajstić information content (AvgIpc) is 2.49. The van der Waals surface area contributed by atoms with Gasteiger partial charge in [-0.15, -0.1) is 0 Å². The number of aromatic hydroxyl groups is 2. The van der Waals surface area contributed by atoms with E-state index < -0.39 is 0 Å². The first-order valence-electron chi connectivity index (χ1n) is 7.07. The van der Waals surface area contributed by atoms with Crippen LogP contribution in [0.3, 0.4) is 0 Å². The zero-order chi connectivity index (χ0) is 16.3. The summed E-state index contributed by atoms with van der Waals surface area (Å²) >= 11 is 0. The number of hydrogen-bond acceptors (Lipinski definition) is 4. The largest absolute Gasteiger partial charge is 0.507 e. The van der Waals surface area contributed by atoms with Gasteiger partial charge < -0.3 is 10.2 Å². The van der Waals surface area contributed by atoms with E-state index >= 15 is 0 Å². The van der Waals surface area contributed by atoms with E-state index in [2.05, 4.69) is 10.2 Å². The average molecular weight is 296 g/mol. The van der Waals surface area contributed by atoms with Gasteiger partial charge in [-0.05, 0) is 52.0 Å². The lowest BCUT2D eigenvalue weighted by molar-refractivity contribution is 0.473. The summed E-state index contributed by atoms with van der Waals surface area (Å²) in [5.74, 6) is 0.358. The fraction of sp³-hybridized carbons (Fsp3) is 0.222. The van der Waals surface area contributed by atoms with E-state index in [1.165, 1.54) is 0 Å². The number of phenolic OH excluding ortho intramolecular Hbond substituents is 2. The van der Waals surface area contributed by atoms with E-state index in [9.17, 15) is 10.2 Å². The predicted molar refractivity (Wildman–Crippen MR) is 90.1 cm³/mol. The molecule has 114 valence electrons. The summed E-state index contributed by atoms with van der Waals surface area (Å²) in [4.78, 5) is 0. The second-order valence-electron chi connectivity index (χ2n) is 5.41. The van der Waals surface area contributed by atoms with Crippen molar-refractivity contribution in [2.45, 2.75) is 27.7 Å². The Morgan fingerprint density at radius 3 is 1.45 bits per heavy atom. The molecule has 0 fully saturated rings. The van der Waals surface area contributed by atoms with Gasteiger partial charge in [0.25, 0.3) is 0 Å². The third-order valence-corrected chi connectivity index (χ3v) is 3.43. The smallest absolute Gasteiger partial charge is 0.124 e. The van der Waals surface area contributed by atoms with Crippen LogP contribution in [-0.2, 0) is 0 Å². The molecule has 4 nitrogen and oxygen atoms in total. The highest BCUT2D eigenvalue weighted by atomic mass is 16.3. The van der Waals surface area contributed by atoms with Crippen LogP contribution in [0.1, 0.15) is 36.1 Å². The van der Waals surface area contributed by atoms with Gasteiger partial charge in [0.15, 0.2) is 0 Å². The molecule has 0 aliphatic rings. The Kier molecular flexibility index (Phi) is 4.61. The zero-order valence-electron chi connectivity index (χ0n) is 13.3. The number of aryl methyl sites for hydroxylation is 2. The molecule has 0 atom stereocenters. The van der Waals surface area contributed by atoms with Crippen LogP contribution < -0.4 is 0 Å². The van der Waals surface area contributed by atoms with Gasteiger partial charge in [-0.1, -0.05) is 23.3 Å². The van der Waals surface area contributed by atoms with E-state index in [0.717, 1.165) is 11.1 Å². The van der Waals surface area contributed by atoms with Gasteiger partial charge in [-0.3, -0.25) is 0 Å². The molecule has 22 heavy (non-hydrogen) atoms. The summed E-state index contributed by atoms with van der Waals surface area (Å²) in [6.07, 6.45) is 0. The maximum Gasteiger partial charge on any atom is 0.124 e. The number of nitrogens with zero attached hydrogens (tertiary/aromatic N) is 2. The molecule has 0 aromatic heterocycles.